The highest BCUT2D eigenvalue weighted by Gasteiger charge is 2.28. The number of halogens is 2. The van der Waals surface area contributed by atoms with Crippen LogP contribution in [-0.4, -0.2) is 29.0 Å². The van der Waals surface area contributed by atoms with Gasteiger partial charge in [0.1, 0.15) is 11.5 Å². The van der Waals surface area contributed by atoms with Gasteiger partial charge in [-0.15, -0.1) is 0 Å². The van der Waals surface area contributed by atoms with Crippen molar-refractivity contribution in [3.63, 3.8) is 0 Å². The molecule has 0 bridgehead atoms. The van der Waals surface area contributed by atoms with Crippen LogP contribution in [0, 0.1) is 21.8 Å². The summed E-state index contributed by atoms with van der Waals surface area (Å²) in [4.78, 5) is 25.2. The molecule has 1 heterocycles. The zero-order valence-corrected chi connectivity index (χ0v) is 15.7. The van der Waals surface area contributed by atoms with Gasteiger partial charge in [0, 0.05) is 30.8 Å². The molecular formula is C19H19ClFN3O4. The lowest BCUT2D eigenvalue weighted by atomic mass is 9.95. The van der Waals surface area contributed by atoms with Crippen molar-refractivity contribution >= 4 is 34.6 Å². The fraction of sp³-hybridized carbons (Fsp3) is 0.316. The third kappa shape index (κ3) is 4.40. The molecule has 148 valence electrons. The predicted octanol–water partition coefficient (Wildman–Crippen LogP) is 3.73. The number of carbonyl (C=O) groups excluding carboxylic acids is 1. The second-order valence-electron chi connectivity index (χ2n) is 6.62. The molecule has 0 atom stereocenters. The smallest absolute Gasteiger partial charge is 0.292 e. The molecule has 28 heavy (non-hydrogen) atoms. The van der Waals surface area contributed by atoms with Crippen LogP contribution in [0.3, 0.4) is 0 Å². The fourth-order valence-corrected chi connectivity index (χ4v) is 3.46. The summed E-state index contributed by atoms with van der Waals surface area (Å²) in [5, 5.41) is 23.3. The van der Waals surface area contributed by atoms with Crippen molar-refractivity contribution in [1.29, 1.82) is 0 Å². The second-order valence-corrected chi connectivity index (χ2v) is 7.02. The lowest BCUT2D eigenvalue weighted by molar-refractivity contribution is -0.384. The minimum atomic E-state index is -0.556. The summed E-state index contributed by atoms with van der Waals surface area (Å²) in [5.74, 6) is -1.01. The van der Waals surface area contributed by atoms with E-state index in [0.717, 1.165) is 0 Å². The maximum Gasteiger partial charge on any atom is 0.292 e. The number of nitrogens with one attached hydrogen (secondary N) is 1. The Hall–Kier alpha value is -2.71. The number of benzene rings is 2. The van der Waals surface area contributed by atoms with E-state index in [1.54, 1.807) is 6.07 Å². The first-order chi connectivity index (χ1) is 13.4. The molecular weight excluding hydrogens is 389 g/mol. The van der Waals surface area contributed by atoms with E-state index in [4.69, 9.17) is 11.6 Å². The third-order valence-electron chi connectivity index (χ3n) is 4.81. The highest BCUT2D eigenvalue weighted by molar-refractivity contribution is 6.31. The number of aliphatic hydroxyl groups is 1. The normalized spacial score (nSPS) is 14.8. The Morgan fingerprint density at radius 2 is 2.00 bits per heavy atom. The van der Waals surface area contributed by atoms with E-state index in [0.29, 0.717) is 42.9 Å². The molecule has 0 unspecified atom stereocenters. The number of nitrogens with zero attached hydrogens (tertiary/aromatic N) is 2. The van der Waals surface area contributed by atoms with Gasteiger partial charge in [0.25, 0.3) is 5.69 Å². The minimum absolute atomic E-state index is 0.0268. The Bertz CT molecular complexity index is 901. The van der Waals surface area contributed by atoms with Crippen molar-refractivity contribution in [2.24, 2.45) is 5.92 Å². The van der Waals surface area contributed by atoms with Crippen LogP contribution < -0.4 is 10.2 Å². The molecule has 0 aliphatic carbocycles. The van der Waals surface area contributed by atoms with Gasteiger partial charge in [0.15, 0.2) is 0 Å². The van der Waals surface area contributed by atoms with Crippen molar-refractivity contribution in [2.45, 2.75) is 19.4 Å². The zero-order chi connectivity index (χ0) is 20.3. The maximum atomic E-state index is 13.2. The van der Waals surface area contributed by atoms with Crippen LogP contribution in [0.15, 0.2) is 36.4 Å². The molecule has 3 rings (SSSR count). The summed E-state index contributed by atoms with van der Waals surface area (Å²) < 4.78 is 13.2. The molecule has 1 saturated heterocycles. The molecule has 0 saturated carbocycles. The molecule has 1 aliphatic heterocycles. The van der Waals surface area contributed by atoms with E-state index < -0.39 is 10.7 Å². The molecule has 2 aromatic rings. The van der Waals surface area contributed by atoms with Crippen molar-refractivity contribution < 1.29 is 19.2 Å². The van der Waals surface area contributed by atoms with Gasteiger partial charge >= 0.3 is 0 Å². The summed E-state index contributed by atoms with van der Waals surface area (Å²) in [6, 6.07) is 8.51. The van der Waals surface area contributed by atoms with Gasteiger partial charge in [-0.1, -0.05) is 11.6 Å². The molecule has 1 amide bonds. The van der Waals surface area contributed by atoms with Gasteiger partial charge in [-0.05, 0) is 48.7 Å². The Morgan fingerprint density at radius 3 is 2.61 bits per heavy atom. The van der Waals surface area contributed by atoms with Crippen LogP contribution in [0.5, 0.6) is 0 Å². The summed E-state index contributed by atoms with van der Waals surface area (Å²) in [6.07, 6.45) is 1.03. The van der Waals surface area contributed by atoms with Crippen LogP contribution in [0.1, 0.15) is 18.4 Å². The standard InChI is InChI=1S/C19H19ClFN3O4/c20-15-10-14(2-3-16(15)21)22-19(26)13-5-7-23(8-6-13)18-9-12(11-25)1-4-17(18)24(27)28/h1-4,9-10,13,25H,5-8,11H2,(H,22,26). The van der Waals surface area contributed by atoms with Gasteiger partial charge < -0.3 is 15.3 Å². The van der Waals surface area contributed by atoms with Gasteiger partial charge in [0.05, 0.1) is 16.6 Å². The first kappa shape index (κ1) is 20.0. The Labute approximate surface area is 165 Å². The number of anilines is 2. The Balaban J connectivity index is 1.66. The predicted molar refractivity (Wildman–Crippen MR) is 104 cm³/mol. The van der Waals surface area contributed by atoms with Gasteiger partial charge in [-0.2, -0.15) is 0 Å². The van der Waals surface area contributed by atoms with E-state index in [9.17, 15) is 24.4 Å². The minimum Gasteiger partial charge on any atom is -0.392 e. The zero-order valence-electron chi connectivity index (χ0n) is 14.9. The number of aliphatic hydroxyl groups excluding tert-OH is 1. The van der Waals surface area contributed by atoms with Crippen molar-refractivity contribution in [1.82, 2.24) is 0 Å². The molecule has 1 aliphatic rings. The Morgan fingerprint density at radius 1 is 1.29 bits per heavy atom. The largest absolute Gasteiger partial charge is 0.392 e. The van der Waals surface area contributed by atoms with Crippen molar-refractivity contribution in [2.75, 3.05) is 23.3 Å². The lowest BCUT2D eigenvalue weighted by Gasteiger charge is -2.32. The van der Waals surface area contributed by atoms with Crippen LogP contribution in [-0.2, 0) is 11.4 Å². The molecule has 7 nitrogen and oxygen atoms in total. The summed E-state index contributed by atoms with van der Waals surface area (Å²) >= 11 is 5.73. The topological polar surface area (TPSA) is 95.7 Å². The number of piperidine rings is 1. The SMILES string of the molecule is O=C(Nc1ccc(F)c(Cl)c1)C1CCN(c2cc(CO)ccc2[N+](=O)[O-])CC1. The average Bonchev–Trinajstić information content (AvgIpc) is 2.70. The molecule has 2 N–H and O–H groups in total. The van der Waals surface area contributed by atoms with E-state index in [2.05, 4.69) is 5.32 Å². The van der Waals surface area contributed by atoms with Crippen LogP contribution >= 0.6 is 11.6 Å². The monoisotopic (exact) mass is 407 g/mol. The molecule has 1 fully saturated rings. The fourth-order valence-electron chi connectivity index (χ4n) is 3.28. The Kier molecular flexibility index (Phi) is 6.11. The van der Waals surface area contributed by atoms with E-state index in [-0.39, 0.29) is 29.1 Å². The third-order valence-corrected chi connectivity index (χ3v) is 5.10. The molecule has 0 radical (unpaired) electrons. The maximum absolute atomic E-state index is 13.2. The van der Waals surface area contributed by atoms with E-state index in [1.165, 1.54) is 30.3 Å². The number of hydrogen-bond donors (Lipinski definition) is 2. The molecule has 0 aromatic heterocycles. The first-order valence-electron chi connectivity index (χ1n) is 8.78. The molecule has 0 spiro atoms. The first-order valence-corrected chi connectivity index (χ1v) is 9.16. The van der Waals surface area contributed by atoms with Crippen molar-refractivity contribution in [3.8, 4) is 0 Å². The summed E-state index contributed by atoms with van der Waals surface area (Å²) in [6.45, 7) is 0.736. The van der Waals surface area contributed by atoms with Crippen LogP contribution in [0.25, 0.3) is 0 Å². The van der Waals surface area contributed by atoms with Crippen molar-refractivity contribution in [3.05, 3.63) is 62.9 Å². The summed E-state index contributed by atoms with van der Waals surface area (Å²) in [5.41, 5.74) is 1.43. The number of rotatable bonds is 5. The van der Waals surface area contributed by atoms with Gasteiger partial charge in [0.2, 0.25) is 5.91 Å². The number of hydrogen-bond acceptors (Lipinski definition) is 5. The second kappa shape index (κ2) is 8.53. The van der Waals surface area contributed by atoms with Crippen LogP contribution in [0.4, 0.5) is 21.5 Å². The number of amides is 1. The number of carbonyl (C=O) groups is 1. The lowest BCUT2D eigenvalue weighted by Crippen LogP contribution is -2.38. The number of nitro groups is 1. The van der Waals surface area contributed by atoms with Crippen LogP contribution in [0.2, 0.25) is 5.02 Å². The summed E-state index contributed by atoms with van der Waals surface area (Å²) in [7, 11) is 0. The molecule has 9 heteroatoms. The number of nitro benzene ring substituents is 1. The van der Waals surface area contributed by atoms with E-state index in [1.807, 2.05) is 4.90 Å². The van der Waals surface area contributed by atoms with E-state index >= 15 is 0 Å². The van der Waals surface area contributed by atoms with Gasteiger partial charge in [-0.25, -0.2) is 4.39 Å². The highest BCUT2D eigenvalue weighted by Crippen LogP contribution is 2.33. The average molecular weight is 408 g/mol. The van der Waals surface area contributed by atoms with Gasteiger partial charge in [-0.3, -0.25) is 14.9 Å². The highest BCUT2D eigenvalue weighted by atomic mass is 35.5. The quantitative estimate of drug-likeness (QED) is 0.581. The molecule has 2 aromatic carbocycles.